The molecule has 3 nitrogen and oxygen atoms in total. The molecule has 0 bridgehead atoms. The zero-order valence-electron chi connectivity index (χ0n) is 11.1. The Morgan fingerprint density at radius 2 is 2.15 bits per heavy atom. The first-order chi connectivity index (χ1) is 9.69. The highest BCUT2D eigenvalue weighted by atomic mass is 32.1. The minimum absolute atomic E-state index is 0.114. The molecule has 1 amide bonds. The second-order valence-corrected chi connectivity index (χ2v) is 6.15. The van der Waals surface area contributed by atoms with E-state index in [1.165, 1.54) is 16.9 Å². The van der Waals surface area contributed by atoms with Gasteiger partial charge in [0.05, 0.1) is 11.4 Å². The van der Waals surface area contributed by atoms with Gasteiger partial charge in [0, 0.05) is 0 Å². The Morgan fingerprint density at radius 3 is 2.95 bits per heavy atom. The molecule has 104 valence electrons. The van der Waals surface area contributed by atoms with Gasteiger partial charge in [-0.25, -0.2) is 0 Å². The number of aryl methyl sites for hydroxylation is 1. The van der Waals surface area contributed by atoms with Crippen LogP contribution in [0.4, 0.5) is 0 Å². The summed E-state index contributed by atoms with van der Waals surface area (Å²) in [6.07, 6.45) is 2.63. The van der Waals surface area contributed by atoms with Crippen LogP contribution >= 0.6 is 11.3 Å². The van der Waals surface area contributed by atoms with Crippen molar-refractivity contribution >= 4 is 17.2 Å². The second-order valence-electron chi connectivity index (χ2n) is 5.20. The van der Waals surface area contributed by atoms with Crippen LogP contribution in [0.25, 0.3) is 0 Å². The molecular formula is C16H17NO2S. The van der Waals surface area contributed by atoms with Gasteiger partial charge in [-0.2, -0.15) is 0 Å². The van der Waals surface area contributed by atoms with Crippen molar-refractivity contribution in [2.45, 2.75) is 24.9 Å². The Morgan fingerprint density at radius 1 is 1.30 bits per heavy atom. The van der Waals surface area contributed by atoms with E-state index in [0.717, 1.165) is 18.4 Å². The van der Waals surface area contributed by atoms with Gasteiger partial charge in [-0.15, -0.1) is 11.3 Å². The highest BCUT2D eigenvalue weighted by Crippen LogP contribution is 2.34. The summed E-state index contributed by atoms with van der Waals surface area (Å²) in [7, 11) is 0. The number of aliphatic hydroxyl groups is 1. The van der Waals surface area contributed by atoms with Crippen LogP contribution in [0.15, 0.2) is 41.8 Å². The number of nitrogens with one attached hydrogen (secondary N) is 1. The number of rotatable bonds is 3. The summed E-state index contributed by atoms with van der Waals surface area (Å²) in [5.74, 6) is -0.114. The average molecular weight is 287 g/mol. The molecular weight excluding hydrogens is 270 g/mol. The molecule has 0 saturated carbocycles. The maximum Gasteiger partial charge on any atom is 0.261 e. The van der Waals surface area contributed by atoms with Gasteiger partial charge in [-0.1, -0.05) is 30.3 Å². The summed E-state index contributed by atoms with van der Waals surface area (Å²) in [5, 5.41) is 15.6. The lowest BCUT2D eigenvalue weighted by atomic mass is 9.79. The van der Waals surface area contributed by atoms with Crippen LogP contribution in [0.2, 0.25) is 0 Å². The summed E-state index contributed by atoms with van der Waals surface area (Å²) in [6.45, 7) is 0.265. The van der Waals surface area contributed by atoms with Crippen molar-refractivity contribution < 1.29 is 9.90 Å². The van der Waals surface area contributed by atoms with Crippen molar-refractivity contribution in [3.8, 4) is 0 Å². The Bertz CT molecular complexity index is 609. The van der Waals surface area contributed by atoms with Crippen molar-refractivity contribution in [3.63, 3.8) is 0 Å². The molecule has 20 heavy (non-hydrogen) atoms. The van der Waals surface area contributed by atoms with E-state index in [1.807, 2.05) is 29.6 Å². The van der Waals surface area contributed by atoms with E-state index in [2.05, 4.69) is 11.4 Å². The van der Waals surface area contributed by atoms with Gasteiger partial charge >= 0.3 is 0 Å². The van der Waals surface area contributed by atoms with Crippen molar-refractivity contribution in [3.05, 3.63) is 57.8 Å². The fraction of sp³-hybridized carbons (Fsp3) is 0.312. The van der Waals surface area contributed by atoms with Crippen LogP contribution in [-0.4, -0.2) is 17.6 Å². The number of carbonyl (C=O) groups is 1. The zero-order chi connectivity index (χ0) is 14.0. The number of amides is 1. The first-order valence-corrected chi connectivity index (χ1v) is 7.69. The lowest BCUT2D eigenvalue weighted by Crippen LogP contribution is -2.42. The molecule has 2 N–H and O–H groups in total. The molecule has 0 radical (unpaired) electrons. The molecule has 1 aromatic carbocycles. The van der Waals surface area contributed by atoms with E-state index in [0.29, 0.717) is 11.3 Å². The molecule has 2 aromatic rings. The van der Waals surface area contributed by atoms with E-state index in [-0.39, 0.29) is 12.5 Å². The number of thiophene rings is 1. The van der Waals surface area contributed by atoms with Crippen molar-refractivity contribution in [1.82, 2.24) is 5.32 Å². The fourth-order valence-corrected chi connectivity index (χ4v) is 3.44. The normalized spacial score (nSPS) is 21.2. The first kappa shape index (κ1) is 13.3. The molecule has 0 spiro atoms. The maximum absolute atomic E-state index is 12.0. The molecule has 1 aliphatic carbocycles. The third kappa shape index (κ3) is 2.49. The lowest BCUT2D eigenvalue weighted by molar-refractivity contribution is 0.0190. The number of benzene rings is 1. The van der Waals surface area contributed by atoms with Crippen LogP contribution in [0.1, 0.15) is 33.6 Å². The average Bonchev–Trinajstić information content (AvgIpc) is 3.00. The number of carbonyl (C=O) groups excluding carboxylic acids is 1. The Kier molecular flexibility index (Phi) is 3.59. The van der Waals surface area contributed by atoms with Crippen LogP contribution in [0.3, 0.4) is 0 Å². The van der Waals surface area contributed by atoms with Gasteiger partial charge in [0.1, 0.15) is 5.60 Å². The number of hydrogen-bond acceptors (Lipinski definition) is 3. The largest absolute Gasteiger partial charge is 0.383 e. The lowest BCUT2D eigenvalue weighted by Gasteiger charge is -2.34. The predicted octanol–water partition coefficient (Wildman–Crippen LogP) is 2.70. The van der Waals surface area contributed by atoms with E-state index in [9.17, 15) is 9.90 Å². The monoisotopic (exact) mass is 287 g/mol. The van der Waals surface area contributed by atoms with Gasteiger partial charge in [-0.05, 0) is 41.8 Å². The Labute approximate surface area is 122 Å². The molecule has 1 unspecified atom stereocenters. The van der Waals surface area contributed by atoms with E-state index >= 15 is 0 Å². The molecule has 1 aromatic heterocycles. The van der Waals surface area contributed by atoms with E-state index in [1.54, 1.807) is 6.07 Å². The van der Waals surface area contributed by atoms with Crippen LogP contribution in [-0.2, 0) is 12.0 Å². The molecule has 1 aliphatic rings. The summed E-state index contributed by atoms with van der Waals surface area (Å²) in [6, 6.07) is 11.6. The van der Waals surface area contributed by atoms with Crippen LogP contribution < -0.4 is 5.32 Å². The van der Waals surface area contributed by atoms with Crippen molar-refractivity contribution in [2.24, 2.45) is 0 Å². The molecule has 3 rings (SSSR count). The van der Waals surface area contributed by atoms with Crippen LogP contribution in [0.5, 0.6) is 0 Å². The molecule has 0 fully saturated rings. The SMILES string of the molecule is O=C(NCC1(O)CCCc2ccccc21)c1cccs1. The third-order valence-corrected chi connectivity index (χ3v) is 4.71. The number of fused-ring (bicyclic) bond motifs is 1. The van der Waals surface area contributed by atoms with E-state index < -0.39 is 5.60 Å². The van der Waals surface area contributed by atoms with Gasteiger partial charge in [0.15, 0.2) is 0 Å². The molecule has 0 aliphatic heterocycles. The molecule has 4 heteroatoms. The summed E-state index contributed by atoms with van der Waals surface area (Å²) in [4.78, 5) is 12.7. The summed E-state index contributed by atoms with van der Waals surface area (Å²) in [5.41, 5.74) is 1.20. The first-order valence-electron chi connectivity index (χ1n) is 6.81. The number of hydrogen-bond donors (Lipinski definition) is 2. The fourth-order valence-electron chi connectivity index (χ4n) is 2.80. The molecule has 1 atom stereocenters. The Balaban J connectivity index is 1.76. The smallest absolute Gasteiger partial charge is 0.261 e. The van der Waals surface area contributed by atoms with Crippen molar-refractivity contribution in [1.29, 1.82) is 0 Å². The predicted molar refractivity (Wildman–Crippen MR) is 79.9 cm³/mol. The Hall–Kier alpha value is -1.65. The van der Waals surface area contributed by atoms with E-state index in [4.69, 9.17) is 0 Å². The van der Waals surface area contributed by atoms with Gasteiger partial charge in [0.25, 0.3) is 5.91 Å². The maximum atomic E-state index is 12.0. The third-order valence-electron chi connectivity index (χ3n) is 3.84. The minimum atomic E-state index is -0.943. The van der Waals surface area contributed by atoms with Gasteiger partial charge < -0.3 is 10.4 Å². The topological polar surface area (TPSA) is 49.3 Å². The highest BCUT2D eigenvalue weighted by Gasteiger charge is 2.34. The summed E-state index contributed by atoms with van der Waals surface area (Å²) < 4.78 is 0. The zero-order valence-corrected chi connectivity index (χ0v) is 12.0. The summed E-state index contributed by atoms with van der Waals surface area (Å²) >= 11 is 1.41. The molecule has 0 saturated heterocycles. The highest BCUT2D eigenvalue weighted by molar-refractivity contribution is 7.12. The van der Waals surface area contributed by atoms with Gasteiger partial charge in [-0.3, -0.25) is 4.79 Å². The van der Waals surface area contributed by atoms with Crippen LogP contribution in [0, 0.1) is 0 Å². The van der Waals surface area contributed by atoms with Crippen molar-refractivity contribution in [2.75, 3.05) is 6.54 Å². The molecule has 1 heterocycles. The minimum Gasteiger partial charge on any atom is -0.383 e. The standard InChI is InChI=1S/C16H17NO2S/c18-15(14-8-4-10-20-14)17-11-16(19)9-3-6-12-5-1-2-7-13(12)16/h1-2,4-5,7-8,10,19H,3,6,9,11H2,(H,17,18). The second kappa shape index (κ2) is 5.38. The van der Waals surface area contributed by atoms with Gasteiger partial charge in [0.2, 0.25) is 0 Å². The quantitative estimate of drug-likeness (QED) is 0.912.